The van der Waals surface area contributed by atoms with Gasteiger partial charge in [-0.1, -0.05) is 17.8 Å². The normalized spacial score (nSPS) is 16.6. The van der Waals surface area contributed by atoms with Crippen LogP contribution in [0.4, 0.5) is 11.5 Å². The Morgan fingerprint density at radius 3 is 3.10 bits per heavy atom. The lowest BCUT2D eigenvalue weighted by Gasteiger charge is -2.21. The van der Waals surface area contributed by atoms with Crippen LogP contribution in [0.1, 0.15) is 5.56 Å². The van der Waals surface area contributed by atoms with Gasteiger partial charge in [0.05, 0.1) is 11.9 Å². The minimum atomic E-state index is -0.420. The van der Waals surface area contributed by atoms with Gasteiger partial charge in [-0.2, -0.15) is 0 Å². The van der Waals surface area contributed by atoms with Gasteiger partial charge in [-0.05, 0) is 17.9 Å². The van der Waals surface area contributed by atoms with Crippen molar-refractivity contribution in [3.8, 4) is 0 Å². The quantitative estimate of drug-likeness (QED) is 0.519. The highest BCUT2D eigenvalue weighted by Gasteiger charge is 2.30. The molecule has 2 aromatic heterocycles. The fourth-order valence-electron chi connectivity index (χ4n) is 2.11. The molecule has 0 aliphatic carbocycles. The van der Waals surface area contributed by atoms with Gasteiger partial charge in [0.2, 0.25) is 0 Å². The first-order chi connectivity index (χ1) is 9.81. The second kappa shape index (κ2) is 5.46. The van der Waals surface area contributed by atoms with Gasteiger partial charge in [-0.25, -0.2) is 9.97 Å². The maximum Gasteiger partial charge on any atom is 0.189 e. The highest BCUT2D eigenvalue weighted by atomic mass is 32.2. The molecule has 0 amide bonds. The van der Waals surface area contributed by atoms with Gasteiger partial charge in [0.15, 0.2) is 23.4 Å². The zero-order chi connectivity index (χ0) is 13.9. The second-order valence-electron chi connectivity index (χ2n) is 4.31. The van der Waals surface area contributed by atoms with Crippen molar-refractivity contribution in [2.75, 3.05) is 16.5 Å². The van der Waals surface area contributed by atoms with Crippen molar-refractivity contribution in [1.82, 2.24) is 15.0 Å². The van der Waals surface area contributed by atoms with Gasteiger partial charge in [0.25, 0.3) is 0 Å². The monoisotopic (exact) mass is 287 g/mol. The number of carbonyl (C=O) groups is 1. The first kappa shape index (κ1) is 12.9. The zero-order valence-electron chi connectivity index (χ0n) is 10.9. The number of aromatic nitrogens is 3. The van der Waals surface area contributed by atoms with Gasteiger partial charge in [-0.3, -0.25) is 9.78 Å². The average Bonchev–Trinajstić information content (AvgIpc) is 2.85. The molecule has 1 unspecified atom stereocenters. The lowest BCUT2D eigenvalue weighted by molar-refractivity contribution is -0.108. The molecule has 1 atom stereocenters. The number of nitrogens with zero attached hydrogens (tertiary/aromatic N) is 4. The first-order valence-electron chi connectivity index (χ1n) is 6.10. The fourth-order valence-corrected chi connectivity index (χ4v) is 2.45. The minimum absolute atomic E-state index is 0.420. The molecule has 0 bridgehead atoms. The summed E-state index contributed by atoms with van der Waals surface area (Å²) in [7, 11) is 0. The maximum atomic E-state index is 11.3. The highest BCUT2D eigenvalue weighted by molar-refractivity contribution is 7.98. The SMILES string of the molecule is CSc1ncc2c(n1)N(Cc1cccnc1)C(C=O)N2. The predicted octanol–water partition coefficient (Wildman–Crippen LogP) is 1.55. The number of nitrogens with one attached hydrogen (secondary N) is 1. The number of thioether (sulfide) groups is 1. The van der Waals surface area contributed by atoms with Crippen LogP contribution in [0.3, 0.4) is 0 Å². The number of pyridine rings is 1. The lowest BCUT2D eigenvalue weighted by atomic mass is 10.2. The molecule has 0 aromatic carbocycles. The molecule has 0 radical (unpaired) electrons. The number of aldehydes is 1. The standard InChI is InChI=1S/C13H13N5OS/c1-20-13-15-6-10-12(17-13)18(11(8-19)16-10)7-9-3-2-4-14-5-9/h2-6,8,11,16H,7H2,1H3. The summed E-state index contributed by atoms with van der Waals surface area (Å²) in [4.78, 5) is 26.0. The number of carbonyl (C=O) groups excluding carboxylic acids is 1. The Bertz CT molecular complexity index is 621. The predicted molar refractivity (Wildman–Crippen MR) is 77.7 cm³/mol. The van der Waals surface area contributed by atoms with Crippen molar-refractivity contribution in [2.45, 2.75) is 17.9 Å². The summed E-state index contributed by atoms with van der Waals surface area (Å²) < 4.78 is 0. The molecule has 2 aromatic rings. The molecule has 6 nitrogen and oxygen atoms in total. The van der Waals surface area contributed by atoms with Gasteiger partial charge >= 0.3 is 0 Å². The highest BCUT2D eigenvalue weighted by Crippen LogP contribution is 2.33. The smallest absolute Gasteiger partial charge is 0.189 e. The molecule has 102 valence electrons. The van der Waals surface area contributed by atoms with Crippen molar-refractivity contribution in [3.63, 3.8) is 0 Å². The van der Waals surface area contributed by atoms with E-state index in [4.69, 9.17) is 0 Å². The molecule has 0 spiro atoms. The van der Waals surface area contributed by atoms with E-state index in [0.717, 1.165) is 23.4 Å². The largest absolute Gasteiger partial charge is 0.355 e. The zero-order valence-corrected chi connectivity index (χ0v) is 11.7. The first-order valence-corrected chi connectivity index (χ1v) is 7.32. The topological polar surface area (TPSA) is 71.0 Å². The van der Waals surface area contributed by atoms with Crippen molar-refractivity contribution in [2.24, 2.45) is 0 Å². The summed E-state index contributed by atoms with van der Waals surface area (Å²) in [6.45, 7) is 0.572. The minimum Gasteiger partial charge on any atom is -0.355 e. The van der Waals surface area contributed by atoms with Crippen molar-refractivity contribution < 1.29 is 4.79 Å². The summed E-state index contributed by atoms with van der Waals surface area (Å²) in [5.74, 6) is 0.755. The molecule has 0 saturated carbocycles. The number of fused-ring (bicyclic) bond motifs is 1. The lowest BCUT2D eigenvalue weighted by Crippen LogP contribution is -2.36. The van der Waals surface area contributed by atoms with E-state index < -0.39 is 6.17 Å². The Kier molecular flexibility index (Phi) is 3.51. The van der Waals surface area contributed by atoms with Crippen molar-refractivity contribution in [1.29, 1.82) is 0 Å². The Hall–Kier alpha value is -2.15. The van der Waals surface area contributed by atoms with Crippen LogP contribution in [0.25, 0.3) is 0 Å². The Balaban J connectivity index is 1.94. The van der Waals surface area contributed by atoms with Gasteiger partial charge in [-0.15, -0.1) is 0 Å². The van der Waals surface area contributed by atoms with Gasteiger partial charge < -0.3 is 10.2 Å². The van der Waals surface area contributed by atoms with Gasteiger partial charge in [0, 0.05) is 18.9 Å². The van der Waals surface area contributed by atoms with E-state index in [0.29, 0.717) is 11.7 Å². The van der Waals surface area contributed by atoms with E-state index in [-0.39, 0.29) is 0 Å². The third kappa shape index (κ3) is 2.32. The fraction of sp³-hybridized carbons (Fsp3) is 0.231. The molecule has 3 heterocycles. The number of anilines is 2. The molecule has 0 saturated heterocycles. The Labute approximate surface area is 120 Å². The molecule has 1 aliphatic rings. The van der Waals surface area contributed by atoms with Crippen LogP contribution < -0.4 is 10.2 Å². The second-order valence-corrected chi connectivity index (χ2v) is 5.08. The molecular weight excluding hydrogens is 274 g/mol. The molecule has 7 heteroatoms. The molecule has 1 aliphatic heterocycles. The van der Waals surface area contributed by atoms with Crippen LogP contribution in [0.15, 0.2) is 35.9 Å². The van der Waals surface area contributed by atoms with Crippen LogP contribution >= 0.6 is 11.8 Å². The number of hydrogen-bond donors (Lipinski definition) is 1. The number of rotatable bonds is 4. The average molecular weight is 287 g/mol. The third-order valence-electron chi connectivity index (χ3n) is 3.04. The van der Waals surface area contributed by atoms with E-state index in [1.54, 1.807) is 18.6 Å². The van der Waals surface area contributed by atoms with Crippen LogP contribution in [-0.4, -0.2) is 33.7 Å². The van der Waals surface area contributed by atoms with Crippen LogP contribution in [0.5, 0.6) is 0 Å². The summed E-state index contributed by atoms with van der Waals surface area (Å²) in [6, 6.07) is 3.85. The summed E-state index contributed by atoms with van der Waals surface area (Å²) in [6.07, 6.45) is 7.61. The molecule has 0 fully saturated rings. The van der Waals surface area contributed by atoms with E-state index in [1.807, 2.05) is 23.3 Å². The summed E-state index contributed by atoms with van der Waals surface area (Å²) in [5, 5.41) is 3.80. The molecular formula is C13H13N5OS. The Morgan fingerprint density at radius 2 is 2.40 bits per heavy atom. The van der Waals surface area contributed by atoms with E-state index in [2.05, 4.69) is 20.3 Å². The van der Waals surface area contributed by atoms with Crippen LogP contribution in [0, 0.1) is 0 Å². The van der Waals surface area contributed by atoms with E-state index >= 15 is 0 Å². The molecule has 3 rings (SSSR count). The summed E-state index contributed by atoms with van der Waals surface area (Å²) >= 11 is 1.47. The van der Waals surface area contributed by atoms with Crippen molar-refractivity contribution in [3.05, 3.63) is 36.3 Å². The molecule has 20 heavy (non-hydrogen) atoms. The van der Waals surface area contributed by atoms with Gasteiger partial charge in [0.1, 0.15) is 0 Å². The maximum absolute atomic E-state index is 11.3. The van der Waals surface area contributed by atoms with E-state index in [9.17, 15) is 4.79 Å². The van der Waals surface area contributed by atoms with Crippen LogP contribution in [-0.2, 0) is 11.3 Å². The van der Waals surface area contributed by atoms with Crippen molar-refractivity contribution >= 4 is 29.6 Å². The number of hydrogen-bond acceptors (Lipinski definition) is 7. The van der Waals surface area contributed by atoms with Crippen LogP contribution in [0.2, 0.25) is 0 Å². The molecule has 1 N–H and O–H groups in total. The summed E-state index contributed by atoms with van der Waals surface area (Å²) in [5.41, 5.74) is 1.81. The Morgan fingerprint density at radius 1 is 1.50 bits per heavy atom. The van der Waals surface area contributed by atoms with E-state index in [1.165, 1.54) is 11.8 Å². The third-order valence-corrected chi connectivity index (χ3v) is 3.61.